The normalized spacial score (nSPS) is 13.1. The Kier molecular flexibility index (Phi) is 5.43. The molecule has 0 fully saturated rings. The van der Waals surface area contributed by atoms with Gasteiger partial charge in [-0.3, -0.25) is 4.57 Å². The summed E-state index contributed by atoms with van der Waals surface area (Å²) in [6.07, 6.45) is -9.50. The van der Waals surface area contributed by atoms with Crippen LogP contribution in [-0.4, -0.2) is 29.3 Å². The van der Waals surface area contributed by atoms with Crippen LogP contribution in [-0.2, 0) is 36.0 Å². The van der Waals surface area contributed by atoms with Crippen molar-refractivity contribution >= 4 is 10.0 Å². The number of alkyl halides is 6. The van der Waals surface area contributed by atoms with Gasteiger partial charge < -0.3 is 0 Å². The molecule has 0 aliphatic carbocycles. The number of benzene rings is 1. The third-order valence-electron chi connectivity index (χ3n) is 3.40. The topological polar surface area (TPSA) is 86.0 Å². The van der Waals surface area contributed by atoms with Gasteiger partial charge in [0, 0.05) is 13.6 Å². The second kappa shape index (κ2) is 6.99. The van der Waals surface area contributed by atoms with Crippen molar-refractivity contribution in [2.75, 3.05) is 6.54 Å². The van der Waals surface area contributed by atoms with Crippen LogP contribution in [0.15, 0.2) is 34.0 Å². The van der Waals surface area contributed by atoms with Gasteiger partial charge in [-0.1, -0.05) is 0 Å². The molecule has 1 N–H and O–H groups in total. The van der Waals surface area contributed by atoms with Crippen molar-refractivity contribution in [1.82, 2.24) is 19.1 Å². The fraction of sp³-hybridized carbons (Fsp3) is 0.385. The van der Waals surface area contributed by atoms with E-state index in [9.17, 15) is 39.6 Å². The number of hydrogen-bond acceptors (Lipinski definition) is 4. The summed E-state index contributed by atoms with van der Waals surface area (Å²) in [6.45, 7) is -1.01. The van der Waals surface area contributed by atoms with Gasteiger partial charge in [-0.2, -0.15) is 26.3 Å². The Labute approximate surface area is 148 Å². The molecule has 1 aromatic heterocycles. The van der Waals surface area contributed by atoms with Crippen LogP contribution in [0.4, 0.5) is 26.3 Å². The number of nitrogens with one attached hydrogen (secondary N) is 1. The van der Waals surface area contributed by atoms with Crippen molar-refractivity contribution in [2.45, 2.75) is 23.8 Å². The van der Waals surface area contributed by atoms with E-state index in [0.717, 1.165) is 19.2 Å². The van der Waals surface area contributed by atoms with Crippen molar-refractivity contribution in [3.05, 3.63) is 46.1 Å². The van der Waals surface area contributed by atoms with Gasteiger partial charge in [0.1, 0.15) is 0 Å². The minimum Gasteiger partial charge on any atom is -0.274 e. The van der Waals surface area contributed by atoms with Crippen molar-refractivity contribution in [1.29, 1.82) is 0 Å². The monoisotopic (exact) mass is 418 g/mol. The molecule has 1 heterocycles. The lowest BCUT2D eigenvalue weighted by atomic mass is 10.2. The van der Waals surface area contributed by atoms with E-state index in [4.69, 9.17) is 0 Å². The van der Waals surface area contributed by atoms with E-state index in [2.05, 4.69) is 5.10 Å². The van der Waals surface area contributed by atoms with Gasteiger partial charge in [-0.15, -0.1) is 5.10 Å². The fourth-order valence-electron chi connectivity index (χ4n) is 2.07. The number of hydrogen-bond donors (Lipinski definition) is 1. The second-order valence-corrected chi connectivity index (χ2v) is 7.07. The van der Waals surface area contributed by atoms with E-state index in [-0.39, 0.29) is 4.57 Å². The summed E-state index contributed by atoms with van der Waals surface area (Å²) >= 11 is 0. The maximum absolute atomic E-state index is 12.7. The highest BCUT2D eigenvalue weighted by Crippen LogP contribution is 2.29. The Morgan fingerprint density at radius 2 is 1.59 bits per heavy atom. The quantitative estimate of drug-likeness (QED) is 0.748. The minimum atomic E-state index is -4.86. The van der Waals surface area contributed by atoms with Crippen molar-refractivity contribution in [2.24, 2.45) is 7.05 Å². The molecule has 1 aromatic carbocycles. The molecule has 2 rings (SSSR count). The zero-order valence-corrected chi connectivity index (χ0v) is 14.3. The van der Waals surface area contributed by atoms with E-state index in [1.54, 1.807) is 0 Å². The van der Waals surface area contributed by atoms with Gasteiger partial charge in [0.2, 0.25) is 15.8 Å². The summed E-state index contributed by atoms with van der Waals surface area (Å²) in [7, 11) is -3.36. The predicted molar refractivity (Wildman–Crippen MR) is 79.1 cm³/mol. The van der Waals surface area contributed by atoms with E-state index < -0.39 is 57.4 Å². The highest BCUT2D eigenvalue weighted by atomic mass is 32.2. The van der Waals surface area contributed by atoms with Gasteiger partial charge in [-0.05, 0) is 24.3 Å². The van der Waals surface area contributed by atoms with E-state index in [1.807, 2.05) is 4.72 Å². The van der Waals surface area contributed by atoms with Gasteiger partial charge in [0.15, 0.2) is 0 Å². The Bertz CT molecular complexity index is 973. The zero-order valence-electron chi connectivity index (χ0n) is 13.5. The lowest BCUT2D eigenvalue weighted by Crippen LogP contribution is -2.31. The molecule has 0 aliphatic heterocycles. The standard InChI is InChI=1S/C13H12F6N4O3S/c1-22-10(13(17,18)19)21-23(11(22)24)7-6-20-27(25,26)9-4-2-8(3-5-9)12(14,15)16/h2-5,20H,6-7H2,1H3. The highest BCUT2D eigenvalue weighted by molar-refractivity contribution is 7.89. The highest BCUT2D eigenvalue weighted by Gasteiger charge is 2.38. The predicted octanol–water partition coefficient (Wildman–Crippen LogP) is 1.60. The molecule has 0 unspecified atom stereocenters. The lowest BCUT2D eigenvalue weighted by Gasteiger charge is -2.09. The first kappa shape index (κ1) is 21.0. The average molecular weight is 418 g/mol. The van der Waals surface area contributed by atoms with Gasteiger partial charge in [0.25, 0.3) is 0 Å². The number of halogens is 6. The molecule has 0 amide bonds. The molecule has 150 valence electrons. The summed E-state index contributed by atoms with van der Waals surface area (Å²) in [5.74, 6) is -1.45. The largest absolute Gasteiger partial charge is 0.451 e. The Morgan fingerprint density at radius 3 is 2.04 bits per heavy atom. The molecule has 7 nitrogen and oxygen atoms in total. The van der Waals surface area contributed by atoms with Crippen molar-refractivity contribution < 1.29 is 34.8 Å². The van der Waals surface area contributed by atoms with E-state index in [0.29, 0.717) is 16.8 Å². The number of nitrogens with zero attached hydrogens (tertiary/aromatic N) is 3. The number of rotatable bonds is 5. The molecule has 14 heteroatoms. The van der Waals surface area contributed by atoms with Gasteiger partial charge in [-0.25, -0.2) is 22.6 Å². The third-order valence-corrected chi connectivity index (χ3v) is 4.88. The SMILES string of the molecule is Cn1c(C(F)(F)F)nn(CCNS(=O)(=O)c2ccc(C(F)(F)F)cc2)c1=O. The summed E-state index contributed by atoms with van der Waals surface area (Å²) in [6, 6.07) is 2.63. The Morgan fingerprint density at radius 1 is 1.04 bits per heavy atom. The van der Waals surface area contributed by atoms with Crippen molar-refractivity contribution in [3.8, 4) is 0 Å². The van der Waals surface area contributed by atoms with Crippen LogP contribution in [0.3, 0.4) is 0 Å². The van der Waals surface area contributed by atoms with Crippen LogP contribution >= 0.6 is 0 Å². The second-order valence-electron chi connectivity index (χ2n) is 5.31. The Balaban J connectivity index is 2.10. The zero-order chi connectivity index (χ0) is 20.6. The first-order chi connectivity index (χ1) is 12.2. The summed E-state index contributed by atoms with van der Waals surface area (Å²) in [5, 5.41) is 3.09. The smallest absolute Gasteiger partial charge is 0.274 e. The van der Waals surface area contributed by atoms with Gasteiger partial charge in [0.05, 0.1) is 17.0 Å². The number of aromatic nitrogens is 3. The lowest BCUT2D eigenvalue weighted by molar-refractivity contribution is -0.147. The first-order valence-electron chi connectivity index (χ1n) is 7.11. The van der Waals surface area contributed by atoms with E-state index >= 15 is 0 Å². The fourth-order valence-corrected chi connectivity index (χ4v) is 3.09. The molecule has 0 spiro atoms. The molecule has 0 radical (unpaired) electrons. The molecule has 0 saturated carbocycles. The van der Waals surface area contributed by atoms with Crippen LogP contribution in [0.5, 0.6) is 0 Å². The molecular weight excluding hydrogens is 406 g/mol. The number of sulfonamides is 1. The van der Waals surface area contributed by atoms with Crippen LogP contribution in [0.2, 0.25) is 0 Å². The minimum absolute atomic E-state index is 0.268. The molecule has 0 saturated heterocycles. The van der Waals surface area contributed by atoms with Crippen molar-refractivity contribution in [3.63, 3.8) is 0 Å². The molecule has 2 aromatic rings. The molecule has 0 atom stereocenters. The average Bonchev–Trinajstić information content (AvgIpc) is 2.82. The first-order valence-corrected chi connectivity index (χ1v) is 8.60. The summed E-state index contributed by atoms with van der Waals surface area (Å²) in [5.41, 5.74) is -2.14. The molecular formula is C13H12F6N4O3S. The van der Waals surface area contributed by atoms with Gasteiger partial charge >= 0.3 is 18.0 Å². The summed E-state index contributed by atoms with van der Waals surface area (Å²) < 4.78 is 102. The van der Waals surface area contributed by atoms with Crippen LogP contribution < -0.4 is 10.4 Å². The molecule has 27 heavy (non-hydrogen) atoms. The van der Waals surface area contributed by atoms with Crippen LogP contribution in [0, 0.1) is 0 Å². The Hall–Kier alpha value is -2.35. The van der Waals surface area contributed by atoms with Crippen LogP contribution in [0.1, 0.15) is 11.4 Å². The van der Waals surface area contributed by atoms with E-state index in [1.165, 1.54) is 0 Å². The maximum Gasteiger partial charge on any atom is 0.451 e. The third kappa shape index (κ3) is 4.68. The summed E-state index contributed by atoms with van der Waals surface area (Å²) in [4.78, 5) is 11.2. The molecule has 0 bridgehead atoms. The maximum atomic E-state index is 12.7. The molecule has 0 aliphatic rings. The van der Waals surface area contributed by atoms with Crippen LogP contribution in [0.25, 0.3) is 0 Å².